The fourth-order valence-electron chi connectivity index (χ4n) is 2.42. The molecule has 0 bridgehead atoms. The lowest BCUT2D eigenvalue weighted by atomic mass is 9.92. The van der Waals surface area contributed by atoms with Crippen molar-refractivity contribution in [3.63, 3.8) is 0 Å². The molecule has 0 aliphatic carbocycles. The fourth-order valence-corrected chi connectivity index (χ4v) is 2.60. The largest absolute Gasteiger partial charge is 0.338 e. The molecular formula is C20H22ClF2N3O. The van der Waals surface area contributed by atoms with Gasteiger partial charge in [0.2, 0.25) is 0 Å². The third-order valence-electron chi connectivity index (χ3n) is 4.01. The fraction of sp³-hybridized carbons (Fsp3) is 0.400. The van der Waals surface area contributed by atoms with E-state index in [0.717, 1.165) is 23.8 Å². The topological polar surface area (TPSA) is 45.2 Å². The second-order valence-corrected chi connectivity index (χ2v) is 6.70. The van der Waals surface area contributed by atoms with Gasteiger partial charge in [0.25, 0.3) is 5.91 Å². The second-order valence-electron chi connectivity index (χ2n) is 6.29. The Morgan fingerprint density at radius 3 is 2.78 bits per heavy atom. The molecule has 1 aromatic carbocycles. The van der Waals surface area contributed by atoms with Gasteiger partial charge in [0.15, 0.2) is 0 Å². The Morgan fingerprint density at radius 2 is 2.15 bits per heavy atom. The first-order valence-corrected chi connectivity index (χ1v) is 8.61. The molecule has 0 radical (unpaired) electrons. The van der Waals surface area contributed by atoms with Gasteiger partial charge < -0.3 is 10.2 Å². The molecule has 7 heteroatoms. The summed E-state index contributed by atoms with van der Waals surface area (Å²) in [4.78, 5) is 17.2. The van der Waals surface area contributed by atoms with Crippen LogP contribution in [0.3, 0.4) is 0 Å². The summed E-state index contributed by atoms with van der Waals surface area (Å²) in [5, 5.41) is 1.98. The number of pyridine rings is 1. The Balaban J connectivity index is 1.82. The molecule has 144 valence electrons. The number of amides is 1. The van der Waals surface area contributed by atoms with Crippen molar-refractivity contribution in [3.8, 4) is 0 Å². The summed E-state index contributed by atoms with van der Waals surface area (Å²) in [6.45, 7) is -6.76. The van der Waals surface area contributed by atoms with Gasteiger partial charge in [0, 0.05) is 58.9 Å². The molecule has 0 spiro atoms. The molecule has 1 aliphatic heterocycles. The molecule has 1 amide bonds. The highest BCUT2D eigenvalue weighted by Crippen LogP contribution is 2.27. The zero-order valence-electron chi connectivity index (χ0n) is 20.5. The van der Waals surface area contributed by atoms with Crippen molar-refractivity contribution in [3.05, 3.63) is 64.2 Å². The van der Waals surface area contributed by atoms with Gasteiger partial charge in [-0.15, -0.1) is 0 Å². The van der Waals surface area contributed by atoms with Crippen LogP contribution in [0.4, 0.5) is 8.78 Å². The van der Waals surface area contributed by atoms with E-state index in [9.17, 15) is 9.18 Å². The number of piperidine rings is 1. The molecule has 1 fully saturated rings. The van der Waals surface area contributed by atoms with Crippen molar-refractivity contribution < 1.29 is 21.8 Å². The first kappa shape index (κ1) is 13.2. The number of hydrogen-bond acceptors (Lipinski definition) is 3. The smallest absolute Gasteiger partial charge is 0.253 e. The van der Waals surface area contributed by atoms with Crippen LogP contribution in [0.2, 0.25) is 5.02 Å². The maximum absolute atomic E-state index is 15.7. The normalized spacial score (nSPS) is 23.9. The van der Waals surface area contributed by atoms with E-state index in [1.165, 1.54) is 12.3 Å². The molecule has 4 nitrogen and oxygen atoms in total. The third-order valence-corrected chi connectivity index (χ3v) is 4.30. The molecule has 2 heterocycles. The zero-order valence-corrected chi connectivity index (χ0v) is 15.3. The molecule has 0 saturated carbocycles. The van der Waals surface area contributed by atoms with Crippen molar-refractivity contribution in [2.24, 2.45) is 0 Å². The number of nitrogens with one attached hydrogen (secondary N) is 1. The van der Waals surface area contributed by atoms with Gasteiger partial charge in [-0.05, 0) is 36.8 Å². The van der Waals surface area contributed by atoms with Crippen LogP contribution >= 0.6 is 11.6 Å². The highest BCUT2D eigenvalue weighted by atomic mass is 35.5. The second kappa shape index (κ2) is 8.31. The minimum atomic E-state index is -2.77. The Kier molecular flexibility index (Phi) is 4.06. The van der Waals surface area contributed by atoms with Crippen LogP contribution in [-0.2, 0) is 6.50 Å². The van der Waals surface area contributed by atoms with Crippen molar-refractivity contribution >= 4 is 17.5 Å². The van der Waals surface area contributed by atoms with E-state index < -0.39 is 61.3 Å². The van der Waals surface area contributed by atoms with E-state index in [1.54, 1.807) is 13.0 Å². The summed E-state index contributed by atoms with van der Waals surface area (Å²) in [7, 11) is 0. The van der Waals surface area contributed by atoms with Crippen molar-refractivity contribution in [2.45, 2.75) is 31.9 Å². The number of nitrogens with zero attached hydrogens (tertiary/aromatic N) is 2. The van der Waals surface area contributed by atoms with E-state index in [0.29, 0.717) is 0 Å². The molecule has 1 saturated heterocycles. The lowest BCUT2D eigenvalue weighted by Gasteiger charge is -2.36. The van der Waals surface area contributed by atoms with Gasteiger partial charge in [0.05, 0.1) is 10.7 Å². The van der Waals surface area contributed by atoms with Crippen LogP contribution < -0.4 is 5.32 Å². The van der Waals surface area contributed by atoms with Crippen LogP contribution in [0.5, 0.6) is 0 Å². The first-order chi connectivity index (χ1) is 15.1. The molecular weight excluding hydrogens is 372 g/mol. The third kappa shape index (κ3) is 5.02. The number of alkyl halides is 1. The predicted molar refractivity (Wildman–Crippen MR) is 101 cm³/mol. The van der Waals surface area contributed by atoms with Gasteiger partial charge >= 0.3 is 0 Å². The van der Waals surface area contributed by atoms with E-state index in [-0.39, 0.29) is 16.2 Å². The molecule has 27 heavy (non-hydrogen) atoms. The number of carbonyl (C=O) groups excluding carboxylic acids is 1. The zero-order chi connectivity index (χ0) is 24.8. The summed E-state index contributed by atoms with van der Waals surface area (Å²) in [5.74, 6) is -1.91. The molecule has 1 aliphatic rings. The van der Waals surface area contributed by atoms with Gasteiger partial charge in [-0.3, -0.25) is 9.78 Å². The maximum Gasteiger partial charge on any atom is 0.253 e. The standard InChI is InChI=1S/C20H22ClF2N3O/c1-14-2-4-16(25-11-14)12-24-13-20(23)6-8-26(9-7-20)19(27)15-3-5-18(22)17(21)10-15/h2-5,10-11,24H,6-9,12-13H2,1H3/i8D2,9D2,12D2. The average molecular weight is 400 g/mol. The van der Waals surface area contributed by atoms with Crippen molar-refractivity contribution in [2.75, 3.05) is 19.5 Å². The molecule has 1 aromatic heterocycles. The van der Waals surface area contributed by atoms with E-state index in [1.807, 2.05) is 0 Å². The number of likely N-dealkylation sites (tertiary alicyclic amines) is 1. The van der Waals surface area contributed by atoms with Gasteiger partial charge in [-0.2, -0.15) is 0 Å². The Bertz CT molecular complexity index is 1040. The monoisotopic (exact) mass is 399 g/mol. The molecule has 0 atom stereocenters. The van der Waals surface area contributed by atoms with Crippen LogP contribution in [-0.4, -0.2) is 41.0 Å². The van der Waals surface area contributed by atoms with Crippen LogP contribution in [0.15, 0.2) is 36.5 Å². The lowest BCUT2D eigenvalue weighted by Crippen LogP contribution is -2.48. The van der Waals surface area contributed by atoms with Gasteiger partial charge in [-0.25, -0.2) is 8.78 Å². The van der Waals surface area contributed by atoms with E-state index >= 15 is 4.39 Å². The van der Waals surface area contributed by atoms with E-state index in [2.05, 4.69) is 10.3 Å². The maximum atomic E-state index is 15.7. The summed E-state index contributed by atoms with van der Waals surface area (Å²) in [5.41, 5.74) is -1.98. The Labute approximate surface area is 171 Å². The quantitative estimate of drug-likeness (QED) is 0.828. The number of aryl methyl sites for hydroxylation is 1. The van der Waals surface area contributed by atoms with Crippen LogP contribution in [0.25, 0.3) is 0 Å². The summed E-state index contributed by atoms with van der Waals surface area (Å²) in [6, 6.07) is 5.96. The minimum Gasteiger partial charge on any atom is -0.338 e. The molecule has 3 rings (SSSR count). The number of rotatable bonds is 5. The van der Waals surface area contributed by atoms with Crippen molar-refractivity contribution in [1.29, 1.82) is 0 Å². The lowest BCUT2D eigenvalue weighted by molar-refractivity contribution is 0.0434. The summed E-state index contributed by atoms with van der Waals surface area (Å²) in [6.07, 6.45) is -0.377. The van der Waals surface area contributed by atoms with Gasteiger partial charge in [-0.1, -0.05) is 17.7 Å². The Morgan fingerprint density at radius 1 is 1.41 bits per heavy atom. The highest BCUT2D eigenvalue weighted by Gasteiger charge is 2.35. The van der Waals surface area contributed by atoms with Crippen LogP contribution in [0, 0.1) is 12.7 Å². The SMILES string of the molecule is [2H]C([2H])(NCC1(F)CC([2H])([2H])N(C(=O)c2ccc(F)c(Cl)c2)C([2H])([2H])C1)c1ccc(C)cn1. The molecule has 1 N–H and O–H groups in total. The summed E-state index contributed by atoms with van der Waals surface area (Å²) < 4.78 is 78.4. The number of hydrogen-bond donors (Lipinski definition) is 1. The number of carbonyl (C=O) groups is 1. The predicted octanol–water partition coefficient (Wildman–Crippen LogP) is 3.92. The minimum absolute atomic E-state index is 0.0106. The number of benzene rings is 1. The number of halogens is 3. The van der Waals surface area contributed by atoms with Crippen LogP contribution in [0.1, 0.15) is 42.7 Å². The Hall–Kier alpha value is -2.05. The molecule has 2 aromatic rings. The van der Waals surface area contributed by atoms with Crippen molar-refractivity contribution in [1.82, 2.24) is 15.2 Å². The van der Waals surface area contributed by atoms with Gasteiger partial charge in [0.1, 0.15) is 11.5 Å². The highest BCUT2D eigenvalue weighted by molar-refractivity contribution is 6.31. The number of aromatic nitrogens is 1. The first-order valence-electron chi connectivity index (χ1n) is 11.2. The van der Waals surface area contributed by atoms with E-state index in [4.69, 9.17) is 19.8 Å². The average Bonchev–Trinajstić information content (AvgIpc) is 2.67. The molecule has 0 unspecified atom stereocenters. The summed E-state index contributed by atoms with van der Waals surface area (Å²) >= 11 is 5.69.